The third-order valence-electron chi connectivity index (χ3n) is 5.54. The quantitative estimate of drug-likeness (QED) is 0.714. The molecule has 1 aromatic carbocycles. The summed E-state index contributed by atoms with van der Waals surface area (Å²) in [6, 6.07) is 5.23. The lowest BCUT2D eigenvalue weighted by Gasteiger charge is -2.20. The zero-order valence-electron chi connectivity index (χ0n) is 17.5. The summed E-state index contributed by atoms with van der Waals surface area (Å²) in [5.74, 6) is 0.00128. The van der Waals surface area contributed by atoms with Gasteiger partial charge in [0.2, 0.25) is 11.8 Å². The fourth-order valence-corrected chi connectivity index (χ4v) is 4.32. The first-order valence-electron chi connectivity index (χ1n) is 10.4. The number of hydrogen-bond donors (Lipinski definition) is 1. The van der Waals surface area contributed by atoms with Gasteiger partial charge in [-0.1, -0.05) is 36.0 Å². The fraction of sp³-hybridized carbons (Fsp3) is 0.500. The lowest BCUT2D eigenvalue weighted by Crippen LogP contribution is -2.35. The molecular formula is C22H28Cl2N4O2. The number of likely N-dealkylation sites (tertiary alicyclic amines) is 1. The molecule has 2 heterocycles. The summed E-state index contributed by atoms with van der Waals surface area (Å²) in [6.07, 6.45) is 5.06. The number of nitrogens with zero attached hydrogens (tertiary/aromatic N) is 3. The first kappa shape index (κ1) is 22.6. The van der Waals surface area contributed by atoms with Crippen molar-refractivity contribution in [3.8, 4) is 5.69 Å². The second kappa shape index (κ2) is 10.3. The molecule has 0 spiro atoms. The monoisotopic (exact) mass is 450 g/mol. The van der Waals surface area contributed by atoms with Crippen molar-refractivity contribution in [2.24, 2.45) is 0 Å². The second-order valence-electron chi connectivity index (χ2n) is 7.73. The maximum absolute atomic E-state index is 12.5. The van der Waals surface area contributed by atoms with Gasteiger partial charge >= 0.3 is 0 Å². The van der Waals surface area contributed by atoms with E-state index >= 15 is 0 Å². The summed E-state index contributed by atoms with van der Waals surface area (Å²) in [5, 5.41) is 8.47. The number of nitrogens with one attached hydrogen (secondary N) is 1. The van der Waals surface area contributed by atoms with Gasteiger partial charge in [0.1, 0.15) is 0 Å². The molecule has 3 rings (SSSR count). The minimum Gasteiger partial charge on any atom is -0.355 e. The van der Waals surface area contributed by atoms with Crippen molar-refractivity contribution < 1.29 is 9.59 Å². The highest BCUT2D eigenvalue weighted by Crippen LogP contribution is 2.27. The van der Waals surface area contributed by atoms with Crippen molar-refractivity contribution in [1.82, 2.24) is 20.0 Å². The summed E-state index contributed by atoms with van der Waals surface area (Å²) in [4.78, 5) is 26.7. The van der Waals surface area contributed by atoms with E-state index in [0.29, 0.717) is 23.0 Å². The molecule has 6 nitrogen and oxygen atoms in total. The molecule has 162 valence electrons. The van der Waals surface area contributed by atoms with Crippen molar-refractivity contribution in [3.05, 3.63) is 45.2 Å². The normalized spacial score (nSPS) is 14.5. The molecular weight excluding hydrogens is 423 g/mol. The Hall–Kier alpha value is -2.05. The Labute approximate surface area is 187 Å². The van der Waals surface area contributed by atoms with Crippen molar-refractivity contribution >= 4 is 35.0 Å². The standard InChI is InChI=1S/C22H28Cl2N4O2/c1-15-18(16(2)28(26-15)20-8-7-17(23)13-19(20)24)14-21(29)25-10-9-22(30)27-11-5-3-4-6-12-27/h7-8,13H,3-6,9-12,14H2,1-2H3,(H,25,29). The number of aryl methyl sites for hydroxylation is 1. The van der Waals surface area contributed by atoms with Gasteiger partial charge in [0, 0.05) is 42.3 Å². The summed E-state index contributed by atoms with van der Waals surface area (Å²) in [6.45, 7) is 5.80. The Morgan fingerprint density at radius 2 is 1.80 bits per heavy atom. The molecule has 1 aliphatic rings. The van der Waals surface area contributed by atoms with Crippen LogP contribution >= 0.6 is 23.2 Å². The molecule has 0 bridgehead atoms. The number of benzene rings is 1. The predicted molar refractivity (Wildman–Crippen MR) is 119 cm³/mol. The number of carbonyl (C=O) groups excluding carboxylic acids is 2. The smallest absolute Gasteiger partial charge is 0.224 e. The molecule has 1 N–H and O–H groups in total. The maximum Gasteiger partial charge on any atom is 0.224 e. The van der Waals surface area contributed by atoms with Crippen LogP contribution in [-0.4, -0.2) is 46.1 Å². The number of halogens is 2. The molecule has 1 aromatic heterocycles. The molecule has 30 heavy (non-hydrogen) atoms. The van der Waals surface area contributed by atoms with E-state index in [-0.39, 0.29) is 18.2 Å². The number of amides is 2. The van der Waals surface area contributed by atoms with Crippen LogP contribution in [0.5, 0.6) is 0 Å². The van der Waals surface area contributed by atoms with Crippen LogP contribution in [0.1, 0.15) is 49.1 Å². The van der Waals surface area contributed by atoms with Crippen LogP contribution in [-0.2, 0) is 16.0 Å². The van der Waals surface area contributed by atoms with E-state index in [9.17, 15) is 9.59 Å². The van der Waals surface area contributed by atoms with Gasteiger partial charge in [-0.2, -0.15) is 5.10 Å². The van der Waals surface area contributed by atoms with E-state index in [0.717, 1.165) is 48.6 Å². The molecule has 0 atom stereocenters. The highest BCUT2D eigenvalue weighted by Gasteiger charge is 2.19. The van der Waals surface area contributed by atoms with Gasteiger partial charge in [-0.15, -0.1) is 0 Å². The maximum atomic E-state index is 12.5. The summed E-state index contributed by atoms with van der Waals surface area (Å²) < 4.78 is 1.74. The highest BCUT2D eigenvalue weighted by molar-refractivity contribution is 6.35. The summed E-state index contributed by atoms with van der Waals surface area (Å²) in [7, 11) is 0. The Balaban J connectivity index is 1.57. The lowest BCUT2D eigenvalue weighted by molar-refractivity contribution is -0.131. The Kier molecular flexibility index (Phi) is 7.78. The average Bonchev–Trinajstić information content (AvgIpc) is 2.90. The van der Waals surface area contributed by atoms with Gasteiger partial charge in [0.25, 0.3) is 0 Å². The van der Waals surface area contributed by atoms with Crippen LogP contribution in [0.15, 0.2) is 18.2 Å². The van der Waals surface area contributed by atoms with E-state index in [4.69, 9.17) is 23.2 Å². The van der Waals surface area contributed by atoms with E-state index in [2.05, 4.69) is 10.4 Å². The minimum absolute atomic E-state index is 0.119. The number of hydrogen-bond acceptors (Lipinski definition) is 3. The first-order chi connectivity index (χ1) is 14.4. The molecule has 0 saturated carbocycles. The van der Waals surface area contributed by atoms with Gasteiger partial charge in [-0.3, -0.25) is 9.59 Å². The van der Waals surface area contributed by atoms with Crippen molar-refractivity contribution in [3.63, 3.8) is 0 Å². The van der Waals surface area contributed by atoms with Crippen LogP contribution in [0, 0.1) is 13.8 Å². The van der Waals surface area contributed by atoms with Crippen LogP contribution in [0.3, 0.4) is 0 Å². The molecule has 0 aliphatic carbocycles. The third kappa shape index (κ3) is 5.55. The van der Waals surface area contributed by atoms with Gasteiger partial charge in [0.05, 0.1) is 22.8 Å². The van der Waals surface area contributed by atoms with E-state index in [1.54, 1.807) is 16.8 Å². The first-order valence-corrected chi connectivity index (χ1v) is 11.2. The van der Waals surface area contributed by atoms with Crippen LogP contribution < -0.4 is 5.32 Å². The molecule has 0 radical (unpaired) electrons. The van der Waals surface area contributed by atoms with Gasteiger partial charge in [0.15, 0.2) is 0 Å². The number of aromatic nitrogens is 2. The zero-order chi connectivity index (χ0) is 21.7. The van der Waals surface area contributed by atoms with E-state index in [1.807, 2.05) is 24.8 Å². The SMILES string of the molecule is Cc1nn(-c2ccc(Cl)cc2Cl)c(C)c1CC(=O)NCCC(=O)N1CCCCCC1. The molecule has 1 fully saturated rings. The Morgan fingerprint density at radius 3 is 2.47 bits per heavy atom. The Bertz CT molecular complexity index is 918. The molecule has 0 unspecified atom stereocenters. The van der Waals surface area contributed by atoms with Gasteiger partial charge < -0.3 is 10.2 Å². The molecule has 8 heteroatoms. The minimum atomic E-state index is -0.119. The molecule has 1 saturated heterocycles. The van der Waals surface area contributed by atoms with Crippen molar-refractivity contribution in [2.45, 2.75) is 52.4 Å². The lowest BCUT2D eigenvalue weighted by atomic mass is 10.1. The van der Waals surface area contributed by atoms with Crippen LogP contribution in [0.2, 0.25) is 10.0 Å². The van der Waals surface area contributed by atoms with E-state index < -0.39 is 0 Å². The fourth-order valence-electron chi connectivity index (χ4n) is 3.83. The predicted octanol–water partition coefficient (Wildman–Crippen LogP) is 4.25. The Morgan fingerprint density at radius 1 is 1.10 bits per heavy atom. The molecule has 1 aliphatic heterocycles. The molecule has 2 amide bonds. The topological polar surface area (TPSA) is 67.2 Å². The van der Waals surface area contributed by atoms with Crippen LogP contribution in [0.4, 0.5) is 0 Å². The molecule has 2 aromatic rings. The second-order valence-corrected chi connectivity index (χ2v) is 8.57. The highest BCUT2D eigenvalue weighted by atomic mass is 35.5. The van der Waals surface area contributed by atoms with E-state index in [1.165, 1.54) is 12.8 Å². The summed E-state index contributed by atoms with van der Waals surface area (Å²) in [5.41, 5.74) is 3.20. The number of carbonyl (C=O) groups is 2. The van der Waals surface area contributed by atoms with Crippen LogP contribution in [0.25, 0.3) is 5.69 Å². The van der Waals surface area contributed by atoms with Gasteiger partial charge in [-0.25, -0.2) is 4.68 Å². The zero-order valence-corrected chi connectivity index (χ0v) is 19.0. The third-order valence-corrected chi connectivity index (χ3v) is 6.07. The summed E-state index contributed by atoms with van der Waals surface area (Å²) >= 11 is 12.3. The van der Waals surface area contributed by atoms with Crippen molar-refractivity contribution in [2.75, 3.05) is 19.6 Å². The van der Waals surface area contributed by atoms with Crippen molar-refractivity contribution in [1.29, 1.82) is 0 Å². The largest absolute Gasteiger partial charge is 0.355 e. The number of rotatable bonds is 6. The average molecular weight is 451 g/mol. The van der Waals surface area contributed by atoms with Gasteiger partial charge in [-0.05, 0) is 44.9 Å².